The highest BCUT2D eigenvalue weighted by molar-refractivity contribution is 5.71. The molecule has 0 aliphatic carbocycles. The first kappa shape index (κ1) is 65.4. The Hall–Kier alpha value is -2.63. The highest BCUT2D eigenvalue weighted by Gasteiger charge is 2.19. The molecule has 0 spiro atoms. The van der Waals surface area contributed by atoms with E-state index in [2.05, 4.69) is 69.4 Å². The van der Waals surface area contributed by atoms with E-state index in [0.717, 1.165) is 89.9 Å². The molecule has 0 aliphatic heterocycles. The van der Waals surface area contributed by atoms with Crippen molar-refractivity contribution < 1.29 is 28.6 Å². The predicted octanol–water partition coefficient (Wildman–Crippen LogP) is 19.8. The second-order valence-corrected chi connectivity index (χ2v) is 19.9. The van der Waals surface area contributed by atoms with Crippen LogP contribution in [0.4, 0.5) is 0 Å². The van der Waals surface area contributed by atoms with E-state index in [4.69, 9.17) is 14.2 Å². The van der Waals surface area contributed by atoms with Crippen LogP contribution in [0, 0.1) is 0 Å². The van der Waals surface area contributed by atoms with E-state index in [1.54, 1.807) is 0 Å². The third kappa shape index (κ3) is 54.3. The molecule has 0 aromatic rings. The number of rotatable bonds is 54. The fraction of sp³-hybridized carbons (Fsp3) is 0.823. The Kier molecular flexibility index (Phi) is 54.8. The maximum Gasteiger partial charge on any atom is 0.306 e. The van der Waals surface area contributed by atoms with Crippen LogP contribution in [0.3, 0.4) is 0 Å². The fourth-order valence-electron chi connectivity index (χ4n) is 8.63. The van der Waals surface area contributed by atoms with Crippen molar-refractivity contribution in [3.05, 3.63) is 48.6 Å². The van der Waals surface area contributed by atoms with Crippen LogP contribution in [-0.4, -0.2) is 37.2 Å². The van der Waals surface area contributed by atoms with Crippen LogP contribution >= 0.6 is 0 Å². The highest BCUT2D eigenvalue weighted by atomic mass is 16.6. The molecule has 0 saturated carbocycles. The molecule has 0 rings (SSSR count). The third-order valence-corrected chi connectivity index (χ3v) is 13.1. The Labute approximate surface area is 422 Å². The minimum atomic E-state index is -0.779. The van der Waals surface area contributed by atoms with Crippen LogP contribution < -0.4 is 0 Å². The summed E-state index contributed by atoms with van der Waals surface area (Å²) >= 11 is 0. The molecule has 68 heavy (non-hydrogen) atoms. The Morgan fingerprint density at radius 1 is 0.309 bits per heavy atom. The predicted molar refractivity (Wildman–Crippen MR) is 293 cm³/mol. The van der Waals surface area contributed by atoms with E-state index in [9.17, 15) is 14.4 Å². The molecular formula is C62H112O6. The van der Waals surface area contributed by atoms with Crippen molar-refractivity contribution in [1.29, 1.82) is 0 Å². The average molecular weight is 954 g/mol. The summed E-state index contributed by atoms with van der Waals surface area (Å²) in [5, 5.41) is 0. The van der Waals surface area contributed by atoms with Crippen molar-refractivity contribution in [2.24, 2.45) is 0 Å². The Balaban J connectivity index is 4.35. The SMILES string of the molecule is CC/C=C\C/C=C\C/C=C\CCCCCCCCCCCC(=O)OCC(COC(=O)CCCCC/C=C\CCCCCCCCC)OC(=O)CCCCCCCCCCCCCCCCCCC. The fourth-order valence-corrected chi connectivity index (χ4v) is 8.63. The van der Waals surface area contributed by atoms with Crippen LogP contribution in [0.5, 0.6) is 0 Å². The lowest BCUT2D eigenvalue weighted by molar-refractivity contribution is -0.167. The second-order valence-electron chi connectivity index (χ2n) is 19.9. The van der Waals surface area contributed by atoms with Gasteiger partial charge in [-0.15, -0.1) is 0 Å². The lowest BCUT2D eigenvalue weighted by Gasteiger charge is -2.18. The van der Waals surface area contributed by atoms with E-state index in [1.165, 1.54) is 180 Å². The summed E-state index contributed by atoms with van der Waals surface area (Å²) in [5.74, 6) is -0.881. The van der Waals surface area contributed by atoms with Gasteiger partial charge in [-0.2, -0.15) is 0 Å². The number of hydrogen-bond donors (Lipinski definition) is 0. The Morgan fingerprint density at radius 2 is 0.574 bits per heavy atom. The zero-order chi connectivity index (χ0) is 49.3. The zero-order valence-electron chi connectivity index (χ0n) is 45.4. The average Bonchev–Trinajstić information content (AvgIpc) is 3.34. The number of esters is 3. The third-order valence-electron chi connectivity index (χ3n) is 13.1. The van der Waals surface area contributed by atoms with E-state index >= 15 is 0 Å². The summed E-state index contributed by atoms with van der Waals surface area (Å²) in [6.07, 6.45) is 69.6. The highest BCUT2D eigenvalue weighted by Crippen LogP contribution is 2.17. The lowest BCUT2D eigenvalue weighted by atomic mass is 10.0. The maximum absolute atomic E-state index is 12.9. The summed E-state index contributed by atoms with van der Waals surface area (Å²) in [4.78, 5) is 38.2. The van der Waals surface area contributed by atoms with Crippen molar-refractivity contribution in [1.82, 2.24) is 0 Å². The summed E-state index contributed by atoms with van der Waals surface area (Å²) in [6, 6.07) is 0. The first-order valence-corrected chi connectivity index (χ1v) is 29.6. The Bertz CT molecular complexity index is 1190. The smallest absolute Gasteiger partial charge is 0.306 e. The summed E-state index contributed by atoms with van der Waals surface area (Å²) < 4.78 is 16.9. The molecule has 0 fully saturated rings. The quantitative estimate of drug-likeness (QED) is 0.0262. The van der Waals surface area contributed by atoms with Gasteiger partial charge in [0.05, 0.1) is 0 Å². The minimum absolute atomic E-state index is 0.0775. The molecule has 6 heteroatoms. The molecule has 0 amide bonds. The molecule has 0 bridgehead atoms. The zero-order valence-corrected chi connectivity index (χ0v) is 45.4. The van der Waals surface area contributed by atoms with Crippen molar-refractivity contribution in [2.75, 3.05) is 13.2 Å². The minimum Gasteiger partial charge on any atom is -0.462 e. The molecule has 6 nitrogen and oxygen atoms in total. The van der Waals surface area contributed by atoms with Crippen LogP contribution in [-0.2, 0) is 28.6 Å². The van der Waals surface area contributed by atoms with Gasteiger partial charge in [0.2, 0.25) is 0 Å². The molecule has 1 unspecified atom stereocenters. The van der Waals surface area contributed by atoms with Gasteiger partial charge in [0.15, 0.2) is 6.10 Å². The number of unbranched alkanes of at least 4 members (excludes halogenated alkanes) is 35. The van der Waals surface area contributed by atoms with Crippen molar-refractivity contribution in [2.45, 2.75) is 316 Å². The largest absolute Gasteiger partial charge is 0.462 e. The number of ether oxygens (including phenoxy) is 3. The van der Waals surface area contributed by atoms with Crippen LogP contribution in [0.25, 0.3) is 0 Å². The van der Waals surface area contributed by atoms with Gasteiger partial charge in [-0.05, 0) is 77.0 Å². The van der Waals surface area contributed by atoms with Crippen LogP contribution in [0.2, 0.25) is 0 Å². The molecule has 1 atom stereocenters. The number of allylic oxidation sites excluding steroid dienone is 8. The van der Waals surface area contributed by atoms with Gasteiger partial charge in [-0.1, -0.05) is 262 Å². The van der Waals surface area contributed by atoms with E-state index in [-0.39, 0.29) is 31.1 Å². The van der Waals surface area contributed by atoms with Crippen molar-refractivity contribution >= 4 is 17.9 Å². The van der Waals surface area contributed by atoms with Gasteiger partial charge in [0.25, 0.3) is 0 Å². The van der Waals surface area contributed by atoms with E-state index in [0.29, 0.717) is 19.3 Å². The molecule has 0 aromatic carbocycles. The second kappa shape index (κ2) is 57.0. The normalized spacial score (nSPS) is 12.3. The van der Waals surface area contributed by atoms with Crippen LogP contribution in [0.1, 0.15) is 310 Å². The molecule has 0 aromatic heterocycles. The maximum atomic E-state index is 12.9. The molecule has 0 heterocycles. The van der Waals surface area contributed by atoms with Gasteiger partial charge in [0.1, 0.15) is 13.2 Å². The van der Waals surface area contributed by atoms with Gasteiger partial charge in [-0.3, -0.25) is 14.4 Å². The monoisotopic (exact) mass is 953 g/mol. The molecule has 396 valence electrons. The van der Waals surface area contributed by atoms with Crippen molar-refractivity contribution in [3.63, 3.8) is 0 Å². The lowest BCUT2D eigenvalue weighted by Crippen LogP contribution is -2.30. The molecule has 0 radical (unpaired) electrons. The number of carbonyl (C=O) groups is 3. The Morgan fingerprint density at radius 3 is 0.926 bits per heavy atom. The van der Waals surface area contributed by atoms with Gasteiger partial charge < -0.3 is 14.2 Å². The number of hydrogen-bond acceptors (Lipinski definition) is 6. The van der Waals surface area contributed by atoms with E-state index in [1.807, 2.05) is 0 Å². The van der Waals surface area contributed by atoms with Gasteiger partial charge >= 0.3 is 17.9 Å². The molecule has 0 saturated heterocycles. The van der Waals surface area contributed by atoms with Gasteiger partial charge in [-0.25, -0.2) is 0 Å². The summed E-state index contributed by atoms with van der Waals surface area (Å²) in [6.45, 7) is 6.55. The van der Waals surface area contributed by atoms with Crippen LogP contribution in [0.15, 0.2) is 48.6 Å². The molecule has 0 aliphatic rings. The summed E-state index contributed by atoms with van der Waals surface area (Å²) in [5.41, 5.74) is 0. The molecular weight excluding hydrogens is 841 g/mol. The van der Waals surface area contributed by atoms with E-state index < -0.39 is 6.10 Å². The topological polar surface area (TPSA) is 78.9 Å². The first-order valence-electron chi connectivity index (χ1n) is 29.6. The standard InChI is InChI=1S/C62H112O6/c1-4-7-10-13-16-19-22-25-28-30-31-33-34-37-40-43-46-49-52-55-61(64)67-58-59(57-66-60(63)54-51-48-45-42-39-36-27-24-21-18-15-12-9-6-3)68-62(65)56-53-50-47-44-41-38-35-32-29-26-23-20-17-14-11-8-5-2/h7,10,16,19,25,28,36,39,59H,4-6,8-9,11-15,17-18,20-24,26-27,29-35,37-38,40-58H2,1-3H3/b10-7-,19-16-,28-25-,39-36-. The number of carbonyl (C=O) groups excluding carboxylic acids is 3. The molecule has 0 N–H and O–H groups in total. The summed E-state index contributed by atoms with van der Waals surface area (Å²) in [7, 11) is 0. The van der Waals surface area contributed by atoms with Crippen molar-refractivity contribution in [3.8, 4) is 0 Å². The van der Waals surface area contributed by atoms with Gasteiger partial charge in [0, 0.05) is 19.3 Å². The first-order chi connectivity index (χ1) is 33.5.